The number of morpholine rings is 1. The number of nitrogens with one attached hydrogen (secondary N) is 1. The van der Waals surface area contributed by atoms with Crippen molar-refractivity contribution in [3.05, 3.63) is 0 Å². The molecule has 4 heteroatoms. The molecule has 0 saturated carbocycles. The van der Waals surface area contributed by atoms with Gasteiger partial charge in [-0.1, -0.05) is 0 Å². The average molecular weight is 214 g/mol. The lowest BCUT2D eigenvalue weighted by molar-refractivity contribution is -0.0931. The van der Waals surface area contributed by atoms with Crippen molar-refractivity contribution in [2.24, 2.45) is 0 Å². The first-order chi connectivity index (χ1) is 7.31. The predicted molar refractivity (Wildman–Crippen MR) is 58.9 cm³/mol. The Hall–Kier alpha value is -0.160. The second-order valence-corrected chi connectivity index (χ2v) is 4.68. The highest BCUT2D eigenvalue weighted by Gasteiger charge is 2.31. The standard InChI is InChI=1S/C11H22N2O2/c1-9-8-15-11(7-14)6-13(9)10-3-2-4-12-5-10/h9-12,14H,2-8H2,1H3. The maximum Gasteiger partial charge on any atom is 0.0933 e. The fourth-order valence-corrected chi connectivity index (χ4v) is 2.57. The van der Waals surface area contributed by atoms with Gasteiger partial charge < -0.3 is 15.2 Å². The van der Waals surface area contributed by atoms with Gasteiger partial charge in [0, 0.05) is 25.2 Å². The van der Waals surface area contributed by atoms with Gasteiger partial charge in [0.05, 0.1) is 19.3 Å². The molecule has 3 unspecified atom stereocenters. The Kier molecular flexibility index (Phi) is 3.97. The van der Waals surface area contributed by atoms with Crippen molar-refractivity contribution in [1.82, 2.24) is 10.2 Å². The summed E-state index contributed by atoms with van der Waals surface area (Å²) >= 11 is 0. The predicted octanol–water partition coefficient (Wildman–Crippen LogP) is -0.180. The van der Waals surface area contributed by atoms with Gasteiger partial charge in [0.1, 0.15) is 0 Å². The molecule has 2 heterocycles. The lowest BCUT2D eigenvalue weighted by Gasteiger charge is -2.43. The number of hydrogen-bond donors (Lipinski definition) is 2. The normalized spacial score (nSPS) is 39.2. The summed E-state index contributed by atoms with van der Waals surface area (Å²) in [6.45, 7) is 6.22. The van der Waals surface area contributed by atoms with Crippen molar-refractivity contribution < 1.29 is 9.84 Å². The van der Waals surface area contributed by atoms with Gasteiger partial charge in [-0.2, -0.15) is 0 Å². The highest BCUT2D eigenvalue weighted by atomic mass is 16.5. The molecular weight excluding hydrogens is 192 g/mol. The van der Waals surface area contributed by atoms with Gasteiger partial charge in [-0.15, -0.1) is 0 Å². The summed E-state index contributed by atoms with van der Waals surface area (Å²) in [5.74, 6) is 0. The molecule has 2 saturated heterocycles. The molecule has 2 N–H and O–H groups in total. The van der Waals surface area contributed by atoms with Crippen molar-refractivity contribution in [3.8, 4) is 0 Å². The van der Waals surface area contributed by atoms with Crippen molar-refractivity contribution in [3.63, 3.8) is 0 Å². The van der Waals surface area contributed by atoms with Gasteiger partial charge in [0.15, 0.2) is 0 Å². The molecule has 0 spiro atoms. The molecule has 2 rings (SSSR count). The minimum absolute atomic E-state index is 0.0168. The molecule has 15 heavy (non-hydrogen) atoms. The van der Waals surface area contributed by atoms with E-state index in [4.69, 9.17) is 9.84 Å². The molecule has 2 aliphatic heterocycles. The number of ether oxygens (including phenoxy) is 1. The molecule has 0 aromatic carbocycles. The van der Waals surface area contributed by atoms with Crippen LogP contribution in [0.4, 0.5) is 0 Å². The fraction of sp³-hybridized carbons (Fsp3) is 1.00. The van der Waals surface area contributed by atoms with E-state index in [-0.39, 0.29) is 12.7 Å². The Labute approximate surface area is 91.6 Å². The van der Waals surface area contributed by atoms with Crippen LogP contribution in [0.5, 0.6) is 0 Å². The van der Waals surface area contributed by atoms with Gasteiger partial charge in [0.25, 0.3) is 0 Å². The number of aliphatic hydroxyl groups is 1. The molecular formula is C11H22N2O2. The summed E-state index contributed by atoms with van der Waals surface area (Å²) in [5.41, 5.74) is 0. The monoisotopic (exact) mass is 214 g/mol. The first kappa shape index (κ1) is 11.3. The lowest BCUT2D eigenvalue weighted by Crippen LogP contribution is -2.57. The van der Waals surface area contributed by atoms with Crippen LogP contribution in [0.1, 0.15) is 19.8 Å². The van der Waals surface area contributed by atoms with Crippen LogP contribution in [0.2, 0.25) is 0 Å². The zero-order valence-corrected chi connectivity index (χ0v) is 9.48. The number of nitrogens with zero attached hydrogens (tertiary/aromatic N) is 1. The molecule has 0 aromatic rings. The van der Waals surface area contributed by atoms with E-state index in [9.17, 15) is 0 Å². The van der Waals surface area contributed by atoms with Crippen LogP contribution in [0.25, 0.3) is 0 Å². The summed E-state index contributed by atoms with van der Waals surface area (Å²) in [6.07, 6.45) is 2.55. The molecule has 3 atom stereocenters. The van der Waals surface area contributed by atoms with E-state index in [2.05, 4.69) is 17.1 Å². The van der Waals surface area contributed by atoms with Crippen LogP contribution in [0, 0.1) is 0 Å². The van der Waals surface area contributed by atoms with Crippen LogP contribution >= 0.6 is 0 Å². The molecule has 2 fully saturated rings. The summed E-state index contributed by atoms with van der Waals surface area (Å²) < 4.78 is 5.55. The van der Waals surface area contributed by atoms with Crippen molar-refractivity contribution in [1.29, 1.82) is 0 Å². The Morgan fingerprint density at radius 2 is 2.40 bits per heavy atom. The van der Waals surface area contributed by atoms with Crippen LogP contribution in [0.3, 0.4) is 0 Å². The van der Waals surface area contributed by atoms with Gasteiger partial charge in [-0.05, 0) is 26.3 Å². The molecule has 0 aliphatic carbocycles. The van der Waals surface area contributed by atoms with Crippen molar-refractivity contribution >= 4 is 0 Å². The molecule has 0 bridgehead atoms. The van der Waals surface area contributed by atoms with Gasteiger partial charge in [-0.25, -0.2) is 0 Å². The van der Waals surface area contributed by atoms with Crippen molar-refractivity contribution in [2.45, 2.75) is 38.0 Å². The fourth-order valence-electron chi connectivity index (χ4n) is 2.57. The number of rotatable bonds is 2. The number of piperidine rings is 1. The van der Waals surface area contributed by atoms with Crippen LogP contribution in [-0.4, -0.2) is 61.0 Å². The van der Waals surface area contributed by atoms with E-state index in [0.717, 1.165) is 26.2 Å². The summed E-state index contributed by atoms with van der Waals surface area (Å²) in [5, 5.41) is 12.6. The van der Waals surface area contributed by atoms with E-state index in [1.54, 1.807) is 0 Å². The number of hydrogen-bond acceptors (Lipinski definition) is 4. The van der Waals surface area contributed by atoms with E-state index in [1.807, 2.05) is 0 Å². The largest absolute Gasteiger partial charge is 0.394 e. The molecule has 0 radical (unpaired) electrons. The van der Waals surface area contributed by atoms with E-state index in [1.165, 1.54) is 12.8 Å². The van der Waals surface area contributed by atoms with E-state index >= 15 is 0 Å². The van der Waals surface area contributed by atoms with E-state index < -0.39 is 0 Å². The second-order valence-electron chi connectivity index (χ2n) is 4.68. The topological polar surface area (TPSA) is 44.7 Å². The third-order valence-electron chi connectivity index (χ3n) is 3.50. The third-order valence-corrected chi connectivity index (χ3v) is 3.50. The lowest BCUT2D eigenvalue weighted by atomic mass is 10.0. The summed E-state index contributed by atoms with van der Waals surface area (Å²) in [7, 11) is 0. The Morgan fingerprint density at radius 3 is 3.07 bits per heavy atom. The maximum absolute atomic E-state index is 9.13. The van der Waals surface area contributed by atoms with E-state index in [0.29, 0.717) is 12.1 Å². The summed E-state index contributed by atoms with van der Waals surface area (Å²) in [6, 6.07) is 1.12. The Bertz CT molecular complexity index is 195. The first-order valence-electron chi connectivity index (χ1n) is 6.00. The van der Waals surface area contributed by atoms with Crippen molar-refractivity contribution in [2.75, 3.05) is 32.8 Å². The summed E-state index contributed by atoms with van der Waals surface area (Å²) in [4.78, 5) is 2.50. The SMILES string of the molecule is CC1COC(CO)CN1C1CCCNC1. The second kappa shape index (κ2) is 5.25. The highest BCUT2D eigenvalue weighted by Crippen LogP contribution is 2.19. The molecule has 4 nitrogen and oxygen atoms in total. The Balaban J connectivity index is 1.92. The Morgan fingerprint density at radius 1 is 1.53 bits per heavy atom. The van der Waals surface area contributed by atoms with Gasteiger partial charge in [-0.3, -0.25) is 4.90 Å². The van der Waals surface area contributed by atoms with Crippen LogP contribution < -0.4 is 5.32 Å². The smallest absolute Gasteiger partial charge is 0.0933 e. The van der Waals surface area contributed by atoms with Crippen LogP contribution in [-0.2, 0) is 4.74 Å². The quantitative estimate of drug-likeness (QED) is 0.669. The minimum Gasteiger partial charge on any atom is -0.394 e. The minimum atomic E-state index is 0.0168. The zero-order valence-electron chi connectivity index (χ0n) is 9.48. The molecule has 2 aliphatic rings. The number of aliphatic hydroxyl groups excluding tert-OH is 1. The maximum atomic E-state index is 9.13. The van der Waals surface area contributed by atoms with Gasteiger partial charge in [0.2, 0.25) is 0 Å². The first-order valence-corrected chi connectivity index (χ1v) is 6.00. The highest BCUT2D eigenvalue weighted by molar-refractivity contribution is 4.86. The van der Waals surface area contributed by atoms with Crippen LogP contribution in [0.15, 0.2) is 0 Å². The van der Waals surface area contributed by atoms with Gasteiger partial charge >= 0.3 is 0 Å². The molecule has 0 aromatic heterocycles. The average Bonchev–Trinajstić information content (AvgIpc) is 2.31. The zero-order chi connectivity index (χ0) is 10.7. The molecule has 88 valence electrons. The third kappa shape index (κ3) is 2.69. The molecule has 0 amide bonds.